The number of carbonyl (C=O) groups is 1. The van der Waals surface area contributed by atoms with Crippen molar-refractivity contribution in [1.29, 1.82) is 0 Å². The number of carbonyl (C=O) groups excluding carboxylic acids is 1. The molecule has 9 nitrogen and oxygen atoms in total. The molecule has 1 aromatic heterocycles. The largest absolute Gasteiger partial charge is 0.491 e. The predicted molar refractivity (Wildman–Crippen MR) is 138 cm³/mol. The molecule has 0 saturated carbocycles. The molecule has 0 saturated heterocycles. The summed E-state index contributed by atoms with van der Waals surface area (Å²) in [5.41, 5.74) is 2.45. The third-order valence-electron chi connectivity index (χ3n) is 5.51. The zero-order valence-electron chi connectivity index (χ0n) is 21.5. The number of H-pyrrole nitrogens is 1. The Hall–Kier alpha value is -3.88. The minimum atomic E-state index is -0.640. The van der Waals surface area contributed by atoms with Crippen molar-refractivity contribution < 1.29 is 14.3 Å². The summed E-state index contributed by atoms with van der Waals surface area (Å²) < 4.78 is 13.2. The van der Waals surface area contributed by atoms with Crippen LogP contribution in [0, 0.1) is 6.92 Å². The summed E-state index contributed by atoms with van der Waals surface area (Å²) in [6, 6.07) is 13.3. The number of hydrogen-bond donors (Lipinski definition) is 1. The molecule has 0 fully saturated rings. The lowest BCUT2D eigenvalue weighted by molar-refractivity contribution is -0.143. The van der Waals surface area contributed by atoms with Crippen LogP contribution >= 0.6 is 0 Å². The molecule has 0 spiro atoms. The van der Waals surface area contributed by atoms with Crippen molar-refractivity contribution in [3.63, 3.8) is 0 Å². The van der Waals surface area contributed by atoms with Gasteiger partial charge in [-0.1, -0.05) is 36.8 Å². The quantitative estimate of drug-likeness (QED) is 0.436. The maximum absolute atomic E-state index is 13.4. The molecular weight excluding hydrogens is 460 g/mol. The Labute approximate surface area is 210 Å². The lowest BCUT2D eigenvalue weighted by Crippen LogP contribution is -2.50. The first-order valence-electron chi connectivity index (χ1n) is 12.2. The molecule has 1 heterocycles. The molecule has 3 rings (SSSR count). The average Bonchev–Trinajstić information content (AvgIpc) is 2.83. The predicted octanol–water partition coefficient (Wildman–Crippen LogP) is 3.23. The Morgan fingerprint density at radius 3 is 2.42 bits per heavy atom. The van der Waals surface area contributed by atoms with Gasteiger partial charge in [0.15, 0.2) is 0 Å². The second-order valence-electron chi connectivity index (χ2n) is 8.74. The van der Waals surface area contributed by atoms with Crippen LogP contribution in [0.4, 0.5) is 5.69 Å². The average molecular weight is 495 g/mol. The van der Waals surface area contributed by atoms with Gasteiger partial charge in [-0.25, -0.2) is 19.1 Å². The molecule has 0 amide bonds. The van der Waals surface area contributed by atoms with Gasteiger partial charge < -0.3 is 9.47 Å². The van der Waals surface area contributed by atoms with Gasteiger partial charge in [-0.3, -0.25) is 14.3 Å². The Balaban J connectivity index is 2.12. The SMILES string of the molecule is CCOC(=O)CCn1c(=O)[nH]/c(=N\c2ccc(OC(C)C)c(CC)c2)n(Cc2ccc(C)cc2)c1=O. The molecule has 0 atom stereocenters. The number of aryl methyl sites for hydroxylation is 2. The number of hydrogen-bond acceptors (Lipinski definition) is 6. The molecule has 2 aromatic carbocycles. The number of aromatic nitrogens is 3. The number of benzene rings is 2. The lowest BCUT2D eigenvalue weighted by atomic mass is 10.1. The van der Waals surface area contributed by atoms with E-state index in [4.69, 9.17) is 9.47 Å². The van der Waals surface area contributed by atoms with Crippen molar-refractivity contribution in [2.45, 2.75) is 66.7 Å². The number of ether oxygens (including phenoxy) is 2. The van der Waals surface area contributed by atoms with E-state index in [1.807, 2.05) is 64.1 Å². The molecule has 36 heavy (non-hydrogen) atoms. The van der Waals surface area contributed by atoms with Crippen LogP contribution in [0.15, 0.2) is 57.0 Å². The van der Waals surface area contributed by atoms with E-state index in [1.165, 1.54) is 4.57 Å². The summed E-state index contributed by atoms with van der Waals surface area (Å²) >= 11 is 0. The summed E-state index contributed by atoms with van der Waals surface area (Å²) in [6.07, 6.45) is 0.684. The fraction of sp³-hybridized carbons (Fsp3) is 0.407. The van der Waals surface area contributed by atoms with Crippen LogP contribution in [0.25, 0.3) is 0 Å². The van der Waals surface area contributed by atoms with Crippen LogP contribution in [0.5, 0.6) is 5.75 Å². The zero-order valence-corrected chi connectivity index (χ0v) is 21.5. The standard InChI is InChI=1S/C27H34N4O5/c1-6-21-16-22(12-13-23(21)36-18(3)4)28-25-29-26(33)30(15-14-24(32)35-7-2)27(34)31(25)17-20-10-8-19(5)9-11-20/h8-13,16,18H,6-7,14-15,17H2,1-5H3,(H,28,29,33). The number of esters is 1. The second-order valence-corrected chi connectivity index (χ2v) is 8.74. The van der Waals surface area contributed by atoms with Crippen LogP contribution in [0.1, 0.15) is 50.8 Å². The normalized spacial score (nSPS) is 11.7. The second kappa shape index (κ2) is 12.2. The molecule has 0 aliphatic rings. The van der Waals surface area contributed by atoms with Crippen LogP contribution < -0.4 is 21.7 Å². The van der Waals surface area contributed by atoms with Gasteiger partial charge in [-0.05, 0) is 63.4 Å². The van der Waals surface area contributed by atoms with Gasteiger partial charge in [0, 0.05) is 6.54 Å². The number of nitrogens with zero attached hydrogens (tertiary/aromatic N) is 3. The fourth-order valence-corrected chi connectivity index (χ4v) is 3.70. The van der Waals surface area contributed by atoms with Crippen LogP contribution in [-0.2, 0) is 29.0 Å². The Morgan fingerprint density at radius 1 is 1.06 bits per heavy atom. The smallest absolute Gasteiger partial charge is 0.335 e. The molecule has 3 aromatic rings. The van der Waals surface area contributed by atoms with Crippen molar-refractivity contribution in [3.8, 4) is 5.75 Å². The van der Waals surface area contributed by atoms with E-state index < -0.39 is 17.3 Å². The van der Waals surface area contributed by atoms with E-state index in [2.05, 4.69) is 9.98 Å². The summed E-state index contributed by atoms with van der Waals surface area (Å²) in [5, 5.41) is 0. The monoisotopic (exact) mass is 494 g/mol. The third-order valence-corrected chi connectivity index (χ3v) is 5.51. The minimum Gasteiger partial charge on any atom is -0.491 e. The maximum Gasteiger partial charge on any atom is 0.335 e. The number of aromatic amines is 1. The van der Waals surface area contributed by atoms with E-state index in [1.54, 1.807) is 13.0 Å². The molecule has 0 radical (unpaired) electrons. The highest BCUT2D eigenvalue weighted by atomic mass is 16.5. The van der Waals surface area contributed by atoms with Gasteiger partial charge in [0.1, 0.15) is 5.75 Å². The zero-order chi connectivity index (χ0) is 26.2. The van der Waals surface area contributed by atoms with Crippen molar-refractivity contribution in [3.05, 3.63) is 85.7 Å². The molecular formula is C27H34N4O5. The molecule has 0 unspecified atom stereocenters. The molecule has 0 aliphatic carbocycles. The van der Waals surface area contributed by atoms with E-state index in [-0.39, 0.29) is 37.8 Å². The van der Waals surface area contributed by atoms with Crippen molar-refractivity contribution in [2.24, 2.45) is 4.99 Å². The van der Waals surface area contributed by atoms with E-state index in [0.717, 1.165) is 33.4 Å². The van der Waals surface area contributed by atoms with Gasteiger partial charge >= 0.3 is 17.3 Å². The highest BCUT2D eigenvalue weighted by Crippen LogP contribution is 2.25. The van der Waals surface area contributed by atoms with E-state index >= 15 is 0 Å². The molecule has 0 aliphatic heterocycles. The van der Waals surface area contributed by atoms with Gasteiger partial charge in [-0.2, -0.15) is 0 Å². The first-order chi connectivity index (χ1) is 17.2. The van der Waals surface area contributed by atoms with Crippen molar-refractivity contribution in [1.82, 2.24) is 14.1 Å². The highest BCUT2D eigenvalue weighted by Gasteiger charge is 2.13. The van der Waals surface area contributed by atoms with Crippen LogP contribution in [0.3, 0.4) is 0 Å². The maximum atomic E-state index is 13.4. The van der Waals surface area contributed by atoms with E-state index in [9.17, 15) is 14.4 Å². The summed E-state index contributed by atoms with van der Waals surface area (Å²) in [4.78, 5) is 45.4. The summed E-state index contributed by atoms with van der Waals surface area (Å²) in [6.45, 7) is 9.98. The molecule has 192 valence electrons. The van der Waals surface area contributed by atoms with E-state index in [0.29, 0.717) is 5.69 Å². The van der Waals surface area contributed by atoms with Gasteiger partial charge in [0.05, 0.1) is 31.4 Å². The van der Waals surface area contributed by atoms with Crippen molar-refractivity contribution >= 4 is 11.7 Å². The van der Waals surface area contributed by atoms with Gasteiger partial charge in [0.2, 0.25) is 5.62 Å². The summed E-state index contributed by atoms with van der Waals surface area (Å²) in [7, 11) is 0. The highest BCUT2D eigenvalue weighted by molar-refractivity contribution is 5.69. The Morgan fingerprint density at radius 2 is 1.78 bits per heavy atom. The van der Waals surface area contributed by atoms with Gasteiger partial charge in [0.25, 0.3) is 0 Å². The first-order valence-corrected chi connectivity index (χ1v) is 12.2. The summed E-state index contributed by atoms with van der Waals surface area (Å²) in [5.74, 6) is 0.306. The number of rotatable bonds is 10. The first kappa shape index (κ1) is 26.7. The van der Waals surface area contributed by atoms with Crippen LogP contribution in [0.2, 0.25) is 0 Å². The topological polar surface area (TPSA) is 108 Å². The Bertz CT molecular complexity index is 1380. The number of nitrogens with one attached hydrogen (secondary N) is 1. The minimum absolute atomic E-state index is 0.0355. The molecule has 9 heteroatoms. The lowest BCUT2D eigenvalue weighted by Gasteiger charge is -2.14. The fourth-order valence-electron chi connectivity index (χ4n) is 3.70. The Kier molecular flexibility index (Phi) is 9.05. The van der Waals surface area contributed by atoms with Crippen molar-refractivity contribution in [2.75, 3.05) is 6.61 Å². The van der Waals surface area contributed by atoms with Gasteiger partial charge in [-0.15, -0.1) is 0 Å². The molecule has 1 N–H and O–H groups in total. The van der Waals surface area contributed by atoms with Crippen LogP contribution in [-0.4, -0.2) is 32.8 Å². The molecule has 0 bridgehead atoms. The third kappa shape index (κ3) is 6.84.